The van der Waals surface area contributed by atoms with Crippen LogP contribution in [0.4, 0.5) is 5.69 Å². The highest BCUT2D eigenvalue weighted by Gasteiger charge is 2.24. The molecule has 1 aromatic rings. The van der Waals surface area contributed by atoms with E-state index >= 15 is 0 Å². The summed E-state index contributed by atoms with van der Waals surface area (Å²) in [6.45, 7) is 11.7. The van der Waals surface area contributed by atoms with E-state index in [1.807, 2.05) is 12.1 Å². The van der Waals surface area contributed by atoms with Gasteiger partial charge in [-0.05, 0) is 26.0 Å². The first-order chi connectivity index (χ1) is 9.25. The van der Waals surface area contributed by atoms with Crippen molar-refractivity contribution >= 4 is 5.69 Å². The Hall–Kier alpha value is -1.42. The van der Waals surface area contributed by atoms with Crippen molar-refractivity contribution in [3.8, 4) is 11.5 Å². The molecule has 4 nitrogen and oxygen atoms in total. The topological polar surface area (TPSA) is 24.9 Å². The molecule has 2 heterocycles. The molecule has 1 radical (unpaired) electrons. The zero-order valence-corrected chi connectivity index (χ0v) is 11.5. The lowest BCUT2D eigenvalue weighted by molar-refractivity contribution is 0.171. The minimum Gasteiger partial charge on any atom is -0.486 e. The first-order valence-corrected chi connectivity index (χ1v) is 6.96. The Labute approximate surface area is 114 Å². The standard InChI is InChI=1S/C15H21N2O2/c1-12(2)16-6-8-17(9-7-16)13-4-3-5-14-15(13)19-11-10-18-14/h3-5,12H,1,6-11H2,2H3/t12-/m1/s1. The van der Waals surface area contributed by atoms with E-state index in [9.17, 15) is 0 Å². The van der Waals surface area contributed by atoms with Gasteiger partial charge in [-0.1, -0.05) is 6.07 Å². The van der Waals surface area contributed by atoms with Crippen LogP contribution in [0, 0.1) is 6.92 Å². The van der Waals surface area contributed by atoms with Crippen LogP contribution in [0.1, 0.15) is 6.92 Å². The summed E-state index contributed by atoms with van der Waals surface area (Å²) < 4.78 is 11.4. The van der Waals surface area contributed by atoms with Crippen molar-refractivity contribution < 1.29 is 9.47 Å². The molecule has 0 unspecified atom stereocenters. The maximum absolute atomic E-state index is 5.79. The molecule has 2 aliphatic rings. The van der Waals surface area contributed by atoms with Gasteiger partial charge in [-0.25, -0.2) is 0 Å². The Morgan fingerprint density at radius 1 is 1.11 bits per heavy atom. The summed E-state index contributed by atoms with van der Waals surface area (Å²) in [7, 11) is 0. The van der Waals surface area contributed by atoms with Crippen LogP contribution in [0.2, 0.25) is 0 Å². The fourth-order valence-corrected chi connectivity index (χ4v) is 2.71. The highest BCUT2D eigenvalue weighted by atomic mass is 16.6. The van der Waals surface area contributed by atoms with E-state index in [2.05, 4.69) is 29.7 Å². The lowest BCUT2D eigenvalue weighted by atomic mass is 10.2. The van der Waals surface area contributed by atoms with Crippen molar-refractivity contribution in [2.75, 3.05) is 44.3 Å². The molecule has 0 spiro atoms. The van der Waals surface area contributed by atoms with E-state index in [0.29, 0.717) is 19.3 Å². The number of benzene rings is 1. The summed E-state index contributed by atoms with van der Waals surface area (Å²) >= 11 is 0. The van der Waals surface area contributed by atoms with Gasteiger partial charge in [0.1, 0.15) is 13.2 Å². The van der Waals surface area contributed by atoms with E-state index in [-0.39, 0.29) is 0 Å². The SMILES string of the molecule is [CH2][C@H](C)N1CCN(c2cccc3c2OCCO3)CC1. The third kappa shape index (κ3) is 2.50. The molecule has 0 bridgehead atoms. The molecule has 0 aliphatic carbocycles. The predicted molar refractivity (Wildman–Crippen MR) is 76.0 cm³/mol. The summed E-state index contributed by atoms with van der Waals surface area (Å²) in [4.78, 5) is 4.79. The number of hydrogen-bond acceptors (Lipinski definition) is 4. The van der Waals surface area contributed by atoms with Crippen molar-refractivity contribution in [1.82, 2.24) is 4.90 Å². The van der Waals surface area contributed by atoms with Crippen molar-refractivity contribution in [3.05, 3.63) is 25.1 Å². The molecule has 1 aromatic carbocycles. The predicted octanol–water partition coefficient (Wildman–Crippen LogP) is 1.80. The fraction of sp³-hybridized carbons (Fsp3) is 0.533. The Kier molecular flexibility index (Phi) is 3.51. The average molecular weight is 261 g/mol. The molecule has 1 atom stereocenters. The molecule has 2 aliphatic heterocycles. The third-order valence-electron chi connectivity index (χ3n) is 3.82. The molecular weight excluding hydrogens is 240 g/mol. The zero-order chi connectivity index (χ0) is 13.2. The van der Waals surface area contributed by atoms with Crippen molar-refractivity contribution in [1.29, 1.82) is 0 Å². The van der Waals surface area contributed by atoms with Crippen molar-refractivity contribution in [3.63, 3.8) is 0 Å². The van der Waals surface area contributed by atoms with Crippen LogP contribution in [0.15, 0.2) is 18.2 Å². The van der Waals surface area contributed by atoms with Gasteiger partial charge < -0.3 is 14.4 Å². The molecule has 3 rings (SSSR count). The Morgan fingerprint density at radius 3 is 2.58 bits per heavy atom. The van der Waals surface area contributed by atoms with E-state index in [4.69, 9.17) is 9.47 Å². The van der Waals surface area contributed by atoms with Crippen molar-refractivity contribution in [2.45, 2.75) is 13.0 Å². The van der Waals surface area contributed by atoms with Crippen LogP contribution in [0.5, 0.6) is 11.5 Å². The smallest absolute Gasteiger partial charge is 0.184 e. The van der Waals surface area contributed by atoms with Crippen molar-refractivity contribution in [2.24, 2.45) is 0 Å². The highest BCUT2D eigenvalue weighted by Crippen LogP contribution is 2.39. The molecule has 4 heteroatoms. The summed E-state index contributed by atoms with van der Waals surface area (Å²) in [5.41, 5.74) is 1.16. The second-order valence-corrected chi connectivity index (χ2v) is 5.17. The van der Waals surface area contributed by atoms with Crippen LogP contribution in [0.3, 0.4) is 0 Å². The van der Waals surface area contributed by atoms with E-state index < -0.39 is 0 Å². The van der Waals surface area contributed by atoms with E-state index in [1.54, 1.807) is 0 Å². The Bertz CT molecular complexity index is 440. The number of rotatable bonds is 2. The van der Waals surface area contributed by atoms with Gasteiger partial charge >= 0.3 is 0 Å². The largest absolute Gasteiger partial charge is 0.486 e. The molecule has 19 heavy (non-hydrogen) atoms. The first kappa shape index (κ1) is 12.6. The minimum absolute atomic E-state index is 0.381. The lowest BCUT2D eigenvalue weighted by Crippen LogP contribution is -2.49. The maximum atomic E-state index is 5.79. The molecule has 0 N–H and O–H groups in total. The molecule has 0 saturated carbocycles. The zero-order valence-electron chi connectivity index (χ0n) is 11.5. The van der Waals surface area contributed by atoms with Crippen LogP contribution in [-0.2, 0) is 0 Å². The number of fused-ring (bicyclic) bond motifs is 1. The van der Waals surface area contributed by atoms with Gasteiger partial charge in [-0.2, -0.15) is 0 Å². The molecule has 1 fully saturated rings. The van der Waals surface area contributed by atoms with Gasteiger partial charge in [0.05, 0.1) is 5.69 Å². The summed E-state index contributed by atoms with van der Waals surface area (Å²) in [6, 6.07) is 6.52. The summed E-state index contributed by atoms with van der Waals surface area (Å²) in [6.07, 6.45) is 0. The Balaban J connectivity index is 1.77. The first-order valence-electron chi connectivity index (χ1n) is 6.96. The quantitative estimate of drug-likeness (QED) is 0.810. The number of ether oxygens (including phenoxy) is 2. The lowest BCUT2D eigenvalue weighted by Gasteiger charge is -2.39. The van der Waals surface area contributed by atoms with Crippen LogP contribution < -0.4 is 14.4 Å². The second kappa shape index (κ2) is 5.29. The molecule has 0 aromatic heterocycles. The number of piperazine rings is 1. The number of hydrogen-bond donors (Lipinski definition) is 0. The third-order valence-corrected chi connectivity index (χ3v) is 3.82. The Morgan fingerprint density at radius 2 is 1.84 bits per heavy atom. The number of nitrogens with zero attached hydrogens (tertiary/aromatic N) is 2. The van der Waals surface area contributed by atoms with Crippen LogP contribution >= 0.6 is 0 Å². The van der Waals surface area contributed by atoms with Crippen LogP contribution in [0.25, 0.3) is 0 Å². The van der Waals surface area contributed by atoms with E-state index in [1.165, 1.54) is 0 Å². The minimum atomic E-state index is 0.381. The number of para-hydroxylation sites is 1. The average Bonchev–Trinajstić information content (AvgIpc) is 2.47. The highest BCUT2D eigenvalue weighted by molar-refractivity contribution is 5.65. The van der Waals surface area contributed by atoms with E-state index in [0.717, 1.165) is 43.4 Å². The van der Waals surface area contributed by atoms with Gasteiger partial charge in [0.2, 0.25) is 0 Å². The fourth-order valence-electron chi connectivity index (χ4n) is 2.71. The van der Waals surface area contributed by atoms with Gasteiger partial charge in [0.25, 0.3) is 0 Å². The molecule has 1 saturated heterocycles. The van der Waals surface area contributed by atoms with Gasteiger partial charge in [0.15, 0.2) is 11.5 Å². The van der Waals surface area contributed by atoms with Gasteiger partial charge in [-0.15, -0.1) is 0 Å². The normalized spacial score (nSPS) is 19.8. The molecule has 103 valence electrons. The van der Waals surface area contributed by atoms with Gasteiger partial charge in [0, 0.05) is 32.2 Å². The molecular formula is C15H21N2O2. The monoisotopic (exact) mass is 261 g/mol. The molecule has 0 amide bonds. The number of anilines is 1. The summed E-state index contributed by atoms with van der Waals surface area (Å²) in [5, 5.41) is 0. The summed E-state index contributed by atoms with van der Waals surface area (Å²) in [5.74, 6) is 1.78. The van der Waals surface area contributed by atoms with Crippen LogP contribution in [-0.4, -0.2) is 50.3 Å². The maximum Gasteiger partial charge on any atom is 0.184 e. The van der Waals surface area contributed by atoms with Gasteiger partial charge in [-0.3, -0.25) is 4.90 Å². The second-order valence-electron chi connectivity index (χ2n) is 5.17.